The van der Waals surface area contributed by atoms with Gasteiger partial charge in [0.25, 0.3) is 5.91 Å². The summed E-state index contributed by atoms with van der Waals surface area (Å²) in [7, 11) is 1.68. The Hall–Kier alpha value is -3.62. The summed E-state index contributed by atoms with van der Waals surface area (Å²) >= 11 is 0. The van der Waals surface area contributed by atoms with Crippen molar-refractivity contribution >= 4 is 11.6 Å². The van der Waals surface area contributed by atoms with Gasteiger partial charge in [-0.25, -0.2) is 0 Å². The van der Waals surface area contributed by atoms with E-state index in [0.29, 0.717) is 12.3 Å². The molecule has 0 atom stereocenters. The number of rotatable bonds is 8. The Labute approximate surface area is 167 Å². The van der Waals surface area contributed by atoms with Gasteiger partial charge in [-0.1, -0.05) is 6.07 Å². The molecule has 1 amide bonds. The van der Waals surface area contributed by atoms with Crippen molar-refractivity contribution in [2.45, 2.75) is 33.5 Å². The highest BCUT2D eigenvalue weighted by atomic mass is 16.6. The zero-order chi connectivity index (χ0) is 21.0. The Kier molecular flexibility index (Phi) is 5.96. The number of aromatic nitrogens is 2. The van der Waals surface area contributed by atoms with Crippen LogP contribution < -0.4 is 4.74 Å². The number of amides is 1. The van der Waals surface area contributed by atoms with Crippen LogP contribution in [0.25, 0.3) is 0 Å². The molecule has 0 spiro atoms. The first kappa shape index (κ1) is 20.1. The smallest absolute Gasteiger partial charge is 0.311 e. The van der Waals surface area contributed by atoms with Crippen LogP contribution >= 0.6 is 0 Å². The monoisotopic (exact) mass is 398 g/mol. The second-order valence-electron chi connectivity index (χ2n) is 6.58. The first-order valence-electron chi connectivity index (χ1n) is 9.11. The fraction of sp³-hybridized carbons (Fsp3) is 0.300. The summed E-state index contributed by atoms with van der Waals surface area (Å²) in [6.07, 6.45) is 1.70. The Morgan fingerprint density at radius 3 is 2.83 bits per heavy atom. The third-order valence-electron chi connectivity index (χ3n) is 4.40. The van der Waals surface area contributed by atoms with Crippen molar-refractivity contribution in [2.75, 3.05) is 7.05 Å². The topological polar surface area (TPSA) is 104 Å². The number of nitro groups is 1. The molecule has 3 aromatic rings. The van der Waals surface area contributed by atoms with Crippen molar-refractivity contribution < 1.29 is 18.9 Å². The van der Waals surface area contributed by atoms with Crippen LogP contribution in [0.1, 0.15) is 34.5 Å². The number of ether oxygens (including phenoxy) is 1. The fourth-order valence-corrected chi connectivity index (χ4v) is 2.89. The predicted molar refractivity (Wildman–Crippen MR) is 105 cm³/mol. The molecule has 0 N–H and O–H groups in total. The average Bonchev–Trinajstić information content (AvgIpc) is 3.35. The zero-order valence-corrected chi connectivity index (χ0v) is 16.5. The van der Waals surface area contributed by atoms with Crippen molar-refractivity contribution in [2.24, 2.45) is 0 Å². The molecule has 0 unspecified atom stereocenters. The minimum atomic E-state index is -0.491. The Morgan fingerprint density at radius 1 is 1.31 bits per heavy atom. The van der Waals surface area contributed by atoms with E-state index in [2.05, 4.69) is 5.10 Å². The van der Waals surface area contributed by atoms with Gasteiger partial charge in [-0.15, -0.1) is 0 Å². The summed E-state index contributed by atoms with van der Waals surface area (Å²) in [5.74, 6) is 0.443. The van der Waals surface area contributed by atoms with Crippen LogP contribution in [0.5, 0.6) is 5.75 Å². The minimum Gasteiger partial charge on any atom is -0.479 e. The number of furan rings is 1. The van der Waals surface area contributed by atoms with Crippen molar-refractivity contribution in [1.29, 1.82) is 0 Å². The summed E-state index contributed by atoms with van der Waals surface area (Å²) < 4.78 is 12.9. The number of nitro benzene ring substituents is 1. The van der Waals surface area contributed by atoms with Gasteiger partial charge in [0.15, 0.2) is 11.5 Å². The molecule has 0 aliphatic heterocycles. The van der Waals surface area contributed by atoms with E-state index in [0.717, 1.165) is 17.8 Å². The summed E-state index contributed by atoms with van der Waals surface area (Å²) in [4.78, 5) is 24.8. The molecule has 3 rings (SSSR count). The molecule has 0 aliphatic rings. The first-order chi connectivity index (χ1) is 13.9. The molecule has 2 heterocycles. The number of aryl methyl sites for hydroxylation is 2. The normalized spacial score (nSPS) is 10.7. The van der Waals surface area contributed by atoms with E-state index in [1.807, 2.05) is 17.7 Å². The van der Waals surface area contributed by atoms with Crippen molar-refractivity contribution in [3.05, 3.63) is 75.5 Å². The van der Waals surface area contributed by atoms with Crippen LogP contribution in [-0.4, -0.2) is 32.6 Å². The highest BCUT2D eigenvalue weighted by molar-refractivity contribution is 5.91. The molecule has 0 fully saturated rings. The maximum Gasteiger partial charge on any atom is 0.311 e. The van der Waals surface area contributed by atoms with E-state index in [1.165, 1.54) is 11.0 Å². The number of hydrogen-bond donors (Lipinski definition) is 0. The maximum absolute atomic E-state index is 12.6. The third-order valence-corrected chi connectivity index (χ3v) is 4.40. The van der Waals surface area contributed by atoms with Crippen LogP contribution in [-0.2, 0) is 19.7 Å². The van der Waals surface area contributed by atoms with Gasteiger partial charge in [-0.3, -0.25) is 19.6 Å². The summed E-state index contributed by atoms with van der Waals surface area (Å²) in [6, 6.07) is 9.78. The Morgan fingerprint density at radius 2 is 2.10 bits per heavy atom. The second-order valence-corrected chi connectivity index (χ2v) is 6.58. The number of carbonyl (C=O) groups excluding carboxylic acids is 1. The van der Waals surface area contributed by atoms with Gasteiger partial charge in [-0.2, -0.15) is 5.10 Å². The number of benzene rings is 1. The second kappa shape index (κ2) is 8.59. The van der Waals surface area contributed by atoms with Gasteiger partial charge in [-0.05, 0) is 43.7 Å². The van der Waals surface area contributed by atoms with E-state index in [-0.39, 0.29) is 29.7 Å². The first-order valence-corrected chi connectivity index (χ1v) is 9.11. The lowest BCUT2D eigenvalue weighted by Crippen LogP contribution is -2.27. The average molecular weight is 398 g/mol. The number of carbonyl (C=O) groups is 1. The summed E-state index contributed by atoms with van der Waals surface area (Å²) in [5.41, 5.74) is 1.58. The van der Waals surface area contributed by atoms with E-state index < -0.39 is 4.92 Å². The van der Waals surface area contributed by atoms with Crippen molar-refractivity contribution in [1.82, 2.24) is 14.7 Å². The molecule has 0 saturated carbocycles. The lowest BCUT2D eigenvalue weighted by atomic mass is 10.2. The van der Waals surface area contributed by atoms with Crippen LogP contribution in [0.2, 0.25) is 0 Å². The molecular weight excluding hydrogens is 376 g/mol. The SMILES string of the molecule is CCn1nccc1CN(C)C(=O)c1ccc(COc2ccc(C)cc2[N+](=O)[O-])o1. The third kappa shape index (κ3) is 4.63. The predicted octanol–water partition coefficient (Wildman–Crippen LogP) is 3.56. The molecule has 0 saturated heterocycles. The number of hydrogen-bond acceptors (Lipinski definition) is 6. The minimum absolute atomic E-state index is 0.0243. The van der Waals surface area contributed by atoms with E-state index >= 15 is 0 Å². The van der Waals surface area contributed by atoms with Gasteiger partial charge in [0, 0.05) is 25.9 Å². The van der Waals surface area contributed by atoms with Crippen molar-refractivity contribution in [3.63, 3.8) is 0 Å². The maximum atomic E-state index is 12.6. The number of nitrogens with zero attached hydrogens (tertiary/aromatic N) is 4. The molecule has 0 bridgehead atoms. The van der Waals surface area contributed by atoms with Gasteiger partial charge in [0.05, 0.1) is 17.2 Å². The lowest BCUT2D eigenvalue weighted by Gasteiger charge is -2.16. The van der Waals surface area contributed by atoms with Crippen LogP contribution in [0.15, 0.2) is 47.0 Å². The molecule has 1 aromatic carbocycles. The van der Waals surface area contributed by atoms with Crippen molar-refractivity contribution in [3.8, 4) is 5.75 Å². The molecule has 0 radical (unpaired) electrons. The van der Waals surface area contributed by atoms with Gasteiger partial charge in [0.1, 0.15) is 12.4 Å². The zero-order valence-electron chi connectivity index (χ0n) is 16.5. The fourth-order valence-electron chi connectivity index (χ4n) is 2.89. The van der Waals surface area contributed by atoms with Gasteiger partial charge >= 0.3 is 5.69 Å². The van der Waals surface area contributed by atoms with Crippen LogP contribution in [0.4, 0.5) is 5.69 Å². The summed E-state index contributed by atoms with van der Waals surface area (Å²) in [5, 5.41) is 15.4. The molecule has 2 aromatic heterocycles. The van der Waals surface area contributed by atoms with E-state index in [1.54, 1.807) is 44.4 Å². The Balaban J connectivity index is 1.65. The van der Waals surface area contributed by atoms with Gasteiger partial charge in [0.2, 0.25) is 0 Å². The van der Waals surface area contributed by atoms with Crippen LogP contribution in [0.3, 0.4) is 0 Å². The Bertz CT molecular complexity index is 1020. The molecular formula is C20H22N4O5. The molecule has 152 valence electrons. The largest absolute Gasteiger partial charge is 0.479 e. The molecule has 9 heteroatoms. The quantitative estimate of drug-likeness (QED) is 0.424. The molecule has 9 nitrogen and oxygen atoms in total. The molecule has 29 heavy (non-hydrogen) atoms. The highest BCUT2D eigenvalue weighted by Crippen LogP contribution is 2.28. The van der Waals surface area contributed by atoms with Gasteiger partial charge < -0.3 is 14.1 Å². The lowest BCUT2D eigenvalue weighted by molar-refractivity contribution is -0.386. The standard InChI is InChI=1S/C20H22N4O5/c1-4-23-15(9-10-21-23)12-22(3)20(25)19-8-6-16(29-19)13-28-18-7-5-14(2)11-17(18)24(26)27/h5-11H,4,12-13H2,1-3H3. The van der Waals surface area contributed by atoms with E-state index in [4.69, 9.17) is 9.15 Å². The van der Waals surface area contributed by atoms with Crippen LogP contribution in [0, 0.1) is 17.0 Å². The van der Waals surface area contributed by atoms with E-state index in [9.17, 15) is 14.9 Å². The summed E-state index contributed by atoms with van der Waals surface area (Å²) in [6.45, 7) is 4.84. The highest BCUT2D eigenvalue weighted by Gasteiger charge is 2.19. The molecule has 0 aliphatic carbocycles.